The summed E-state index contributed by atoms with van der Waals surface area (Å²) in [6, 6.07) is 6.58. The molecule has 1 aliphatic rings. The molecule has 1 aliphatic heterocycles. The topological polar surface area (TPSA) is 28.2 Å². The van der Waals surface area contributed by atoms with Gasteiger partial charge in [0.25, 0.3) is 0 Å². The molecule has 1 aromatic rings. The van der Waals surface area contributed by atoms with Crippen molar-refractivity contribution in [3.8, 4) is 0 Å². The fourth-order valence-electron chi connectivity index (χ4n) is 2.31. The lowest BCUT2D eigenvalue weighted by molar-refractivity contribution is 0.219. The number of halogens is 1. The van der Waals surface area contributed by atoms with E-state index in [0.29, 0.717) is 6.04 Å². The molecule has 0 saturated carbocycles. The van der Waals surface area contributed by atoms with Crippen LogP contribution in [0.1, 0.15) is 26.2 Å². The lowest BCUT2D eigenvalue weighted by Gasteiger charge is -2.32. The number of anilines is 1. The number of hydrogen-bond acceptors (Lipinski definition) is 3. The van der Waals surface area contributed by atoms with Gasteiger partial charge in [-0.1, -0.05) is 13.0 Å². The molecule has 2 rings (SSSR count). The third-order valence-corrected chi connectivity index (χ3v) is 3.64. The summed E-state index contributed by atoms with van der Waals surface area (Å²) in [7, 11) is 0. The van der Waals surface area contributed by atoms with Gasteiger partial charge in [-0.15, -0.1) is 0 Å². The normalized spacial score (nSPS) is 18.2. The Morgan fingerprint density at radius 2 is 2.18 bits per heavy atom. The van der Waals surface area contributed by atoms with E-state index in [1.165, 1.54) is 38.9 Å². The number of aromatic nitrogens is 1. The average Bonchev–Trinajstić information content (AvgIpc) is 2.32. The van der Waals surface area contributed by atoms with Gasteiger partial charge in [-0.05, 0) is 53.9 Å². The molecule has 1 N–H and O–H groups in total. The Labute approximate surface area is 112 Å². The molecule has 0 spiro atoms. The van der Waals surface area contributed by atoms with E-state index in [4.69, 9.17) is 0 Å². The number of likely N-dealkylation sites (tertiary alicyclic amines) is 1. The van der Waals surface area contributed by atoms with Gasteiger partial charge in [-0.2, -0.15) is 0 Å². The molecule has 4 heteroatoms. The molecule has 94 valence electrons. The first kappa shape index (κ1) is 12.8. The number of hydrogen-bond donors (Lipinski definition) is 1. The van der Waals surface area contributed by atoms with Crippen LogP contribution in [0.15, 0.2) is 22.8 Å². The van der Waals surface area contributed by atoms with E-state index in [-0.39, 0.29) is 0 Å². The summed E-state index contributed by atoms with van der Waals surface area (Å²) in [4.78, 5) is 6.96. The minimum absolute atomic E-state index is 0.574. The van der Waals surface area contributed by atoms with E-state index >= 15 is 0 Å². The van der Waals surface area contributed by atoms with Crippen LogP contribution in [0, 0.1) is 0 Å². The van der Waals surface area contributed by atoms with Gasteiger partial charge < -0.3 is 10.2 Å². The quantitative estimate of drug-likeness (QED) is 0.866. The van der Waals surface area contributed by atoms with Crippen molar-refractivity contribution < 1.29 is 0 Å². The maximum atomic E-state index is 4.41. The van der Waals surface area contributed by atoms with Crippen molar-refractivity contribution in [1.29, 1.82) is 0 Å². The monoisotopic (exact) mass is 297 g/mol. The van der Waals surface area contributed by atoms with E-state index < -0.39 is 0 Å². The van der Waals surface area contributed by atoms with E-state index in [1.807, 2.05) is 18.2 Å². The zero-order valence-corrected chi connectivity index (χ0v) is 11.9. The predicted octanol–water partition coefficient (Wildman–Crippen LogP) is 3.13. The Morgan fingerprint density at radius 1 is 1.41 bits per heavy atom. The second-order valence-electron chi connectivity index (χ2n) is 4.61. The first-order chi connectivity index (χ1) is 8.28. The van der Waals surface area contributed by atoms with Crippen molar-refractivity contribution in [3.05, 3.63) is 22.8 Å². The molecule has 0 atom stereocenters. The Hall–Kier alpha value is -0.610. The number of nitrogens with zero attached hydrogens (tertiary/aromatic N) is 2. The maximum Gasteiger partial charge on any atom is 0.127 e. The molecule has 0 radical (unpaired) electrons. The summed E-state index contributed by atoms with van der Waals surface area (Å²) in [5.41, 5.74) is 0. The van der Waals surface area contributed by atoms with E-state index in [9.17, 15) is 0 Å². The van der Waals surface area contributed by atoms with Crippen LogP contribution >= 0.6 is 15.9 Å². The van der Waals surface area contributed by atoms with Crippen molar-refractivity contribution in [2.45, 2.75) is 32.2 Å². The van der Waals surface area contributed by atoms with Crippen molar-refractivity contribution in [3.63, 3.8) is 0 Å². The van der Waals surface area contributed by atoms with Gasteiger partial charge in [0.2, 0.25) is 0 Å². The molecular formula is C13H20BrN3. The molecule has 0 amide bonds. The molecule has 1 fully saturated rings. The molecular weight excluding hydrogens is 278 g/mol. The highest BCUT2D eigenvalue weighted by molar-refractivity contribution is 9.10. The number of pyridine rings is 1. The van der Waals surface area contributed by atoms with Gasteiger partial charge in [-0.25, -0.2) is 4.98 Å². The van der Waals surface area contributed by atoms with Gasteiger partial charge >= 0.3 is 0 Å². The second-order valence-corrected chi connectivity index (χ2v) is 5.42. The van der Waals surface area contributed by atoms with Crippen molar-refractivity contribution in [2.24, 2.45) is 0 Å². The van der Waals surface area contributed by atoms with Crippen LogP contribution in [0.25, 0.3) is 0 Å². The van der Waals surface area contributed by atoms with Gasteiger partial charge in [0.1, 0.15) is 10.4 Å². The van der Waals surface area contributed by atoms with Gasteiger partial charge in [0.15, 0.2) is 0 Å². The van der Waals surface area contributed by atoms with Crippen molar-refractivity contribution in [2.75, 3.05) is 25.0 Å². The average molecular weight is 298 g/mol. The predicted molar refractivity (Wildman–Crippen MR) is 75.3 cm³/mol. The number of piperidine rings is 1. The van der Waals surface area contributed by atoms with Crippen molar-refractivity contribution in [1.82, 2.24) is 9.88 Å². The Kier molecular flexibility index (Phi) is 4.80. The largest absolute Gasteiger partial charge is 0.367 e. The SMILES string of the molecule is CCCN1CCC(Nc2cccc(Br)n2)CC1. The standard InChI is InChI=1S/C13H20BrN3/c1-2-8-17-9-6-11(7-10-17)15-13-5-3-4-12(14)16-13/h3-5,11H,2,6-10H2,1H3,(H,15,16). The number of rotatable bonds is 4. The molecule has 1 saturated heterocycles. The Balaban J connectivity index is 1.82. The summed E-state index contributed by atoms with van der Waals surface area (Å²) >= 11 is 3.40. The van der Waals surface area contributed by atoms with Crippen LogP contribution in [0.5, 0.6) is 0 Å². The van der Waals surface area contributed by atoms with Crippen LogP contribution in [0.3, 0.4) is 0 Å². The van der Waals surface area contributed by atoms with Gasteiger partial charge in [0.05, 0.1) is 0 Å². The third kappa shape index (κ3) is 3.96. The molecule has 0 bridgehead atoms. The van der Waals surface area contributed by atoms with Gasteiger partial charge in [-0.3, -0.25) is 0 Å². The van der Waals surface area contributed by atoms with E-state index in [1.54, 1.807) is 0 Å². The first-order valence-electron chi connectivity index (χ1n) is 6.39. The Morgan fingerprint density at radius 3 is 2.82 bits per heavy atom. The molecule has 0 aliphatic carbocycles. The summed E-state index contributed by atoms with van der Waals surface area (Å²) in [5, 5.41) is 3.52. The molecule has 0 unspecified atom stereocenters. The van der Waals surface area contributed by atoms with Crippen LogP contribution in [0.4, 0.5) is 5.82 Å². The maximum absolute atomic E-state index is 4.41. The zero-order chi connectivity index (χ0) is 12.1. The van der Waals surface area contributed by atoms with Crippen molar-refractivity contribution >= 4 is 21.7 Å². The fraction of sp³-hybridized carbons (Fsp3) is 0.615. The second kappa shape index (κ2) is 6.36. The first-order valence-corrected chi connectivity index (χ1v) is 7.18. The van der Waals surface area contributed by atoms with E-state index in [0.717, 1.165) is 10.4 Å². The minimum Gasteiger partial charge on any atom is -0.367 e. The summed E-state index contributed by atoms with van der Waals surface area (Å²) in [5.74, 6) is 0.980. The van der Waals surface area contributed by atoms with Gasteiger partial charge in [0, 0.05) is 19.1 Å². The van der Waals surface area contributed by atoms with Crippen LogP contribution < -0.4 is 5.32 Å². The Bertz CT molecular complexity index is 348. The van der Waals surface area contributed by atoms with E-state index in [2.05, 4.69) is 38.1 Å². The smallest absolute Gasteiger partial charge is 0.127 e. The fourth-order valence-corrected chi connectivity index (χ4v) is 2.66. The van der Waals surface area contributed by atoms with Crippen LogP contribution in [-0.2, 0) is 0 Å². The lowest BCUT2D eigenvalue weighted by Crippen LogP contribution is -2.39. The summed E-state index contributed by atoms with van der Waals surface area (Å²) < 4.78 is 0.894. The highest BCUT2D eigenvalue weighted by Crippen LogP contribution is 2.17. The lowest BCUT2D eigenvalue weighted by atomic mass is 10.0. The highest BCUT2D eigenvalue weighted by atomic mass is 79.9. The molecule has 0 aromatic carbocycles. The molecule has 3 nitrogen and oxygen atoms in total. The third-order valence-electron chi connectivity index (χ3n) is 3.19. The molecule has 1 aromatic heterocycles. The summed E-state index contributed by atoms with van der Waals surface area (Å²) in [6.07, 6.45) is 3.69. The number of nitrogens with one attached hydrogen (secondary N) is 1. The highest BCUT2D eigenvalue weighted by Gasteiger charge is 2.18. The molecule has 2 heterocycles. The zero-order valence-electron chi connectivity index (χ0n) is 10.3. The molecule has 17 heavy (non-hydrogen) atoms. The minimum atomic E-state index is 0.574. The van der Waals surface area contributed by atoms with Crippen LogP contribution in [0.2, 0.25) is 0 Å². The summed E-state index contributed by atoms with van der Waals surface area (Å²) in [6.45, 7) is 5.90. The van der Waals surface area contributed by atoms with Crippen LogP contribution in [-0.4, -0.2) is 35.6 Å².